The van der Waals surface area contributed by atoms with Crippen LogP contribution < -0.4 is 5.73 Å². The Morgan fingerprint density at radius 1 is 1.39 bits per heavy atom. The Hall–Kier alpha value is -1.40. The summed E-state index contributed by atoms with van der Waals surface area (Å²) in [5.74, 6) is 0.217. The van der Waals surface area contributed by atoms with E-state index in [0.29, 0.717) is 30.3 Å². The zero-order valence-corrected chi connectivity index (χ0v) is 11.6. The molecule has 1 rings (SSSR count). The van der Waals surface area contributed by atoms with Crippen LogP contribution in [-0.4, -0.2) is 54.4 Å². The molecule has 0 atom stereocenters. The fourth-order valence-electron chi connectivity index (χ4n) is 1.44. The predicted octanol–water partition coefficient (Wildman–Crippen LogP) is 0.960. The van der Waals surface area contributed by atoms with Crippen molar-refractivity contribution in [1.29, 1.82) is 0 Å². The molecule has 0 aliphatic carbocycles. The standard InChI is InChI=1S/C12H19N3O2S/c1-14(2)7-8-15(6-5-11(13)18)12(16)10-4-3-9-17-10/h3-4,9H,5-8H2,1-2H3,(H2,13,18). The number of amides is 1. The van der Waals surface area contributed by atoms with Crippen LogP contribution in [0.1, 0.15) is 17.0 Å². The molecule has 100 valence electrons. The zero-order valence-electron chi connectivity index (χ0n) is 10.8. The molecule has 0 fully saturated rings. The predicted molar refractivity (Wildman–Crippen MR) is 74.6 cm³/mol. The average Bonchev–Trinajstić information content (AvgIpc) is 2.81. The molecular weight excluding hydrogens is 250 g/mol. The molecule has 1 aromatic heterocycles. The molecule has 6 heteroatoms. The molecule has 2 N–H and O–H groups in total. The highest BCUT2D eigenvalue weighted by Gasteiger charge is 2.18. The van der Waals surface area contributed by atoms with Gasteiger partial charge in [0.25, 0.3) is 5.91 Å². The second-order valence-corrected chi connectivity index (χ2v) is 4.81. The van der Waals surface area contributed by atoms with E-state index in [0.717, 1.165) is 6.54 Å². The number of hydrogen-bond donors (Lipinski definition) is 1. The van der Waals surface area contributed by atoms with E-state index in [-0.39, 0.29) is 5.91 Å². The van der Waals surface area contributed by atoms with Gasteiger partial charge in [-0.3, -0.25) is 4.79 Å². The molecule has 0 aliphatic heterocycles. The van der Waals surface area contributed by atoms with Crippen LogP contribution in [0, 0.1) is 0 Å². The Balaban J connectivity index is 2.63. The molecule has 1 amide bonds. The van der Waals surface area contributed by atoms with Gasteiger partial charge in [-0.25, -0.2) is 0 Å². The van der Waals surface area contributed by atoms with Gasteiger partial charge in [-0.05, 0) is 26.2 Å². The molecule has 0 saturated heterocycles. The first kappa shape index (κ1) is 14.7. The summed E-state index contributed by atoms with van der Waals surface area (Å²) in [5.41, 5.74) is 5.48. The highest BCUT2D eigenvalue weighted by molar-refractivity contribution is 7.80. The van der Waals surface area contributed by atoms with Gasteiger partial charge in [0.2, 0.25) is 0 Å². The van der Waals surface area contributed by atoms with Crippen LogP contribution >= 0.6 is 12.2 Å². The SMILES string of the molecule is CN(C)CCN(CCC(N)=S)C(=O)c1ccco1. The maximum atomic E-state index is 12.2. The summed E-state index contributed by atoms with van der Waals surface area (Å²) in [6.07, 6.45) is 2.01. The third kappa shape index (κ3) is 4.85. The van der Waals surface area contributed by atoms with E-state index in [1.165, 1.54) is 6.26 Å². The minimum absolute atomic E-state index is 0.127. The second kappa shape index (κ2) is 7.13. The largest absolute Gasteiger partial charge is 0.459 e. The van der Waals surface area contributed by atoms with Crippen molar-refractivity contribution < 1.29 is 9.21 Å². The fourth-order valence-corrected chi connectivity index (χ4v) is 1.53. The molecule has 0 aromatic carbocycles. The third-order valence-electron chi connectivity index (χ3n) is 2.46. The van der Waals surface area contributed by atoms with E-state index in [4.69, 9.17) is 22.4 Å². The van der Waals surface area contributed by atoms with Crippen LogP contribution in [0.3, 0.4) is 0 Å². The average molecular weight is 269 g/mol. The molecule has 0 saturated carbocycles. The third-order valence-corrected chi connectivity index (χ3v) is 2.67. The van der Waals surface area contributed by atoms with Crippen molar-refractivity contribution in [3.63, 3.8) is 0 Å². The number of rotatable bonds is 7. The summed E-state index contributed by atoms with van der Waals surface area (Å²) in [6, 6.07) is 3.36. The van der Waals surface area contributed by atoms with E-state index in [1.54, 1.807) is 17.0 Å². The summed E-state index contributed by atoms with van der Waals surface area (Å²) < 4.78 is 5.12. The lowest BCUT2D eigenvalue weighted by molar-refractivity contribution is 0.0718. The van der Waals surface area contributed by atoms with Crippen LogP contribution in [0.4, 0.5) is 0 Å². The maximum Gasteiger partial charge on any atom is 0.289 e. The lowest BCUT2D eigenvalue weighted by Gasteiger charge is -2.23. The number of nitrogens with zero attached hydrogens (tertiary/aromatic N) is 2. The molecule has 0 unspecified atom stereocenters. The van der Waals surface area contributed by atoms with E-state index in [9.17, 15) is 4.79 Å². The van der Waals surface area contributed by atoms with Crippen LogP contribution in [-0.2, 0) is 0 Å². The van der Waals surface area contributed by atoms with Gasteiger partial charge in [-0.1, -0.05) is 12.2 Å². The van der Waals surface area contributed by atoms with Crippen molar-refractivity contribution >= 4 is 23.1 Å². The summed E-state index contributed by atoms with van der Waals surface area (Å²) in [4.78, 5) is 16.3. The van der Waals surface area contributed by atoms with Crippen LogP contribution in [0.15, 0.2) is 22.8 Å². The molecule has 0 spiro atoms. The first-order chi connectivity index (χ1) is 8.50. The molecule has 0 bridgehead atoms. The van der Waals surface area contributed by atoms with Crippen molar-refractivity contribution in [2.24, 2.45) is 5.73 Å². The van der Waals surface area contributed by atoms with Gasteiger partial charge < -0.3 is 20.0 Å². The first-order valence-corrected chi connectivity index (χ1v) is 6.17. The first-order valence-electron chi connectivity index (χ1n) is 5.76. The monoisotopic (exact) mass is 269 g/mol. The highest BCUT2D eigenvalue weighted by atomic mass is 32.1. The highest BCUT2D eigenvalue weighted by Crippen LogP contribution is 2.06. The van der Waals surface area contributed by atoms with Crippen molar-refractivity contribution in [1.82, 2.24) is 9.80 Å². The molecular formula is C12H19N3O2S. The van der Waals surface area contributed by atoms with Gasteiger partial charge in [0.05, 0.1) is 11.3 Å². The Labute approximate surface area is 113 Å². The molecule has 18 heavy (non-hydrogen) atoms. The van der Waals surface area contributed by atoms with Crippen LogP contribution in [0.5, 0.6) is 0 Å². The number of carbonyl (C=O) groups is 1. The second-order valence-electron chi connectivity index (χ2n) is 4.29. The summed E-state index contributed by atoms with van der Waals surface area (Å²) in [7, 11) is 3.92. The van der Waals surface area contributed by atoms with E-state index >= 15 is 0 Å². The minimum Gasteiger partial charge on any atom is -0.459 e. The Kier molecular flexibility index (Phi) is 5.80. The zero-order chi connectivity index (χ0) is 13.5. The van der Waals surface area contributed by atoms with Gasteiger partial charge >= 0.3 is 0 Å². The molecule has 0 radical (unpaired) electrons. The number of likely N-dealkylation sites (N-methyl/N-ethyl adjacent to an activating group) is 1. The summed E-state index contributed by atoms with van der Waals surface area (Å²) in [6.45, 7) is 1.92. The Morgan fingerprint density at radius 2 is 2.11 bits per heavy atom. The van der Waals surface area contributed by atoms with Gasteiger partial charge in [0, 0.05) is 26.1 Å². The number of furan rings is 1. The molecule has 1 heterocycles. The fraction of sp³-hybridized carbons (Fsp3) is 0.500. The van der Waals surface area contributed by atoms with E-state index in [2.05, 4.69) is 0 Å². The van der Waals surface area contributed by atoms with E-state index in [1.807, 2.05) is 19.0 Å². The summed E-state index contributed by atoms with van der Waals surface area (Å²) >= 11 is 4.84. The lowest BCUT2D eigenvalue weighted by atomic mass is 10.3. The molecule has 0 aliphatic rings. The van der Waals surface area contributed by atoms with Crippen molar-refractivity contribution in [3.05, 3.63) is 24.2 Å². The number of thiocarbonyl (C=S) groups is 1. The van der Waals surface area contributed by atoms with Crippen molar-refractivity contribution in [3.8, 4) is 0 Å². The minimum atomic E-state index is -0.127. The van der Waals surface area contributed by atoms with Gasteiger partial charge in [0.1, 0.15) is 0 Å². The Bertz CT molecular complexity index is 390. The normalized spacial score (nSPS) is 10.6. The number of hydrogen-bond acceptors (Lipinski definition) is 4. The number of nitrogens with two attached hydrogens (primary N) is 1. The van der Waals surface area contributed by atoms with Crippen LogP contribution in [0.2, 0.25) is 0 Å². The maximum absolute atomic E-state index is 12.2. The summed E-state index contributed by atoms with van der Waals surface area (Å²) in [5, 5.41) is 0. The quantitative estimate of drug-likeness (QED) is 0.747. The Morgan fingerprint density at radius 3 is 2.61 bits per heavy atom. The number of carbonyl (C=O) groups excluding carboxylic acids is 1. The van der Waals surface area contributed by atoms with Crippen molar-refractivity contribution in [2.75, 3.05) is 33.7 Å². The smallest absolute Gasteiger partial charge is 0.289 e. The van der Waals surface area contributed by atoms with Gasteiger partial charge in [-0.2, -0.15) is 0 Å². The molecule has 1 aromatic rings. The topological polar surface area (TPSA) is 62.7 Å². The van der Waals surface area contributed by atoms with E-state index < -0.39 is 0 Å². The van der Waals surface area contributed by atoms with Crippen LogP contribution in [0.25, 0.3) is 0 Å². The van der Waals surface area contributed by atoms with Gasteiger partial charge in [0.15, 0.2) is 5.76 Å². The van der Waals surface area contributed by atoms with Crippen molar-refractivity contribution in [2.45, 2.75) is 6.42 Å². The molecule has 5 nitrogen and oxygen atoms in total. The van der Waals surface area contributed by atoms with Gasteiger partial charge in [-0.15, -0.1) is 0 Å². The lowest BCUT2D eigenvalue weighted by Crippen LogP contribution is -2.38.